The number of amides is 2. The van der Waals surface area contributed by atoms with E-state index < -0.39 is 29.9 Å². The maximum absolute atomic E-state index is 14.9. The Morgan fingerprint density at radius 1 is 1.06 bits per heavy atom. The van der Waals surface area contributed by atoms with Gasteiger partial charge < -0.3 is 33.9 Å². The van der Waals surface area contributed by atoms with Crippen molar-refractivity contribution in [3.63, 3.8) is 0 Å². The van der Waals surface area contributed by atoms with Gasteiger partial charge in [-0.05, 0) is 82.1 Å². The zero-order chi connectivity index (χ0) is 34.8. The number of halogens is 1. The number of nitrogens with zero attached hydrogens (tertiary/aromatic N) is 4. The van der Waals surface area contributed by atoms with Gasteiger partial charge in [0.1, 0.15) is 23.0 Å². The summed E-state index contributed by atoms with van der Waals surface area (Å²) in [5.74, 6) is 0.548. The molecular weight excluding hydrogens is 629 g/mol. The van der Waals surface area contributed by atoms with Crippen LogP contribution in [0.2, 0.25) is 0 Å². The number of carbonyl (C=O) groups is 3. The molecule has 0 spiro atoms. The number of imidazole rings is 1. The SMILES string of the molecule is COc1cc(C(=O)N2CC(F)C[C@@H](NC(=O)OC(C)(C)C)C2)cc2nc(-c3cc4cccc(C5CC(C(=O)O)C5)c4n3CC3CC3)n(C)c12. The van der Waals surface area contributed by atoms with Crippen molar-refractivity contribution >= 4 is 39.9 Å². The van der Waals surface area contributed by atoms with Gasteiger partial charge in [-0.1, -0.05) is 18.2 Å². The first kappa shape index (κ1) is 32.9. The van der Waals surface area contributed by atoms with E-state index in [1.54, 1.807) is 40.0 Å². The third-order valence-corrected chi connectivity index (χ3v) is 10.1. The maximum Gasteiger partial charge on any atom is 0.407 e. The second kappa shape index (κ2) is 12.4. The number of carboxylic acid groups (broad SMARTS) is 1. The minimum atomic E-state index is -1.31. The van der Waals surface area contributed by atoms with Crippen LogP contribution in [0, 0.1) is 11.8 Å². The molecule has 7 rings (SSSR count). The fourth-order valence-corrected chi connectivity index (χ4v) is 7.47. The summed E-state index contributed by atoms with van der Waals surface area (Å²) in [6, 6.07) is 11.2. The highest BCUT2D eigenvalue weighted by molar-refractivity contribution is 6.00. The number of aromatic nitrogens is 3. The zero-order valence-electron chi connectivity index (χ0n) is 28.7. The lowest BCUT2D eigenvalue weighted by atomic mass is 9.71. The lowest BCUT2D eigenvalue weighted by Crippen LogP contribution is -2.54. The van der Waals surface area contributed by atoms with Crippen LogP contribution in [0.25, 0.3) is 33.5 Å². The van der Waals surface area contributed by atoms with Crippen LogP contribution in [-0.4, -0.2) is 80.1 Å². The van der Waals surface area contributed by atoms with Crippen molar-refractivity contribution in [2.45, 2.75) is 83.2 Å². The molecule has 2 aromatic carbocycles. The van der Waals surface area contributed by atoms with E-state index in [1.165, 1.54) is 10.5 Å². The Morgan fingerprint density at radius 3 is 2.49 bits per heavy atom. The number of hydrogen-bond donors (Lipinski definition) is 2. The van der Waals surface area contributed by atoms with Crippen molar-refractivity contribution in [3.8, 4) is 17.3 Å². The highest BCUT2D eigenvalue weighted by Crippen LogP contribution is 2.46. The van der Waals surface area contributed by atoms with Crippen LogP contribution in [0.3, 0.4) is 0 Å². The van der Waals surface area contributed by atoms with Crippen molar-refractivity contribution in [2.24, 2.45) is 18.9 Å². The molecule has 1 saturated heterocycles. The van der Waals surface area contributed by atoms with E-state index in [2.05, 4.69) is 28.1 Å². The summed E-state index contributed by atoms with van der Waals surface area (Å²) in [7, 11) is 3.48. The number of nitrogens with one attached hydrogen (secondary N) is 1. The van der Waals surface area contributed by atoms with E-state index in [4.69, 9.17) is 14.5 Å². The van der Waals surface area contributed by atoms with Crippen molar-refractivity contribution in [1.82, 2.24) is 24.3 Å². The number of likely N-dealkylation sites (tertiary alicyclic amines) is 1. The molecule has 49 heavy (non-hydrogen) atoms. The number of aryl methyl sites for hydroxylation is 1. The third-order valence-electron chi connectivity index (χ3n) is 10.1. The van der Waals surface area contributed by atoms with Crippen LogP contribution in [0.15, 0.2) is 36.4 Å². The van der Waals surface area contributed by atoms with Crippen LogP contribution < -0.4 is 10.1 Å². The highest BCUT2D eigenvalue weighted by atomic mass is 19.1. The molecule has 0 radical (unpaired) electrons. The highest BCUT2D eigenvalue weighted by Gasteiger charge is 2.38. The Morgan fingerprint density at radius 2 is 1.82 bits per heavy atom. The van der Waals surface area contributed by atoms with E-state index in [9.17, 15) is 23.9 Å². The average molecular weight is 674 g/mol. The number of ether oxygens (including phenoxy) is 2. The number of piperidine rings is 1. The Kier molecular flexibility index (Phi) is 8.31. The van der Waals surface area contributed by atoms with Gasteiger partial charge in [0.15, 0.2) is 5.82 Å². The van der Waals surface area contributed by atoms with E-state index in [-0.39, 0.29) is 37.3 Å². The third kappa shape index (κ3) is 6.45. The first-order valence-corrected chi connectivity index (χ1v) is 17.1. The first-order valence-electron chi connectivity index (χ1n) is 17.1. The average Bonchev–Trinajstić information content (AvgIpc) is 3.66. The molecule has 4 aromatic rings. The topological polar surface area (TPSA) is 128 Å². The number of benzene rings is 2. The molecular formula is C37H44FN5O6. The Bertz CT molecular complexity index is 1950. The van der Waals surface area contributed by atoms with Gasteiger partial charge in [-0.3, -0.25) is 9.59 Å². The van der Waals surface area contributed by atoms with Gasteiger partial charge in [0.05, 0.1) is 42.3 Å². The summed E-state index contributed by atoms with van der Waals surface area (Å²) in [4.78, 5) is 44.3. The van der Waals surface area contributed by atoms with Gasteiger partial charge in [0.25, 0.3) is 5.91 Å². The Labute approximate surface area is 284 Å². The molecule has 1 aliphatic heterocycles. The van der Waals surface area contributed by atoms with Crippen molar-refractivity contribution in [3.05, 3.63) is 47.5 Å². The smallest absolute Gasteiger partial charge is 0.407 e. The molecule has 2 N–H and O–H groups in total. The number of alkyl carbamates (subject to hydrolysis) is 1. The lowest BCUT2D eigenvalue weighted by molar-refractivity contribution is -0.145. The predicted octanol–water partition coefficient (Wildman–Crippen LogP) is 6.27. The number of methoxy groups -OCH3 is 1. The second-order valence-corrected chi connectivity index (χ2v) is 15.0. The number of fused-ring (bicyclic) bond motifs is 2. The summed E-state index contributed by atoms with van der Waals surface area (Å²) < 4.78 is 30.4. The monoisotopic (exact) mass is 673 g/mol. The fourth-order valence-electron chi connectivity index (χ4n) is 7.47. The van der Waals surface area contributed by atoms with Gasteiger partial charge in [0.2, 0.25) is 0 Å². The molecule has 2 amide bonds. The van der Waals surface area contributed by atoms with Crippen LogP contribution in [-0.2, 0) is 23.1 Å². The van der Waals surface area contributed by atoms with E-state index in [1.807, 2.05) is 17.7 Å². The van der Waals surface area contributed by atoms with Crippen LogP contribution in [0.1, 0.15) is 74.7 Å². The fraction of sp³-hybridized carbons (Fsp3) is 0.514. The Hall–Kier alpha value is -4.61. The summed E-state index contributed by atoms with van der Waals surface area (Å²) in [6.45, 7) is 6.16. The number of aliphatic carboxylic acids is 1. The molecule has 2 atom stereocenters. The molecule has 3 fully saturated rings. The maximum atomic E-state index is 14.9. The molecule has 11 nitrogen and oxygen atoms in total. The van der Waals surface area contributed by atoms with E-state index in [0.29, 0.717) is 35.6 Å². The number of carboxylic acids is 1. The standard InChI is InChI=1S/C37H44FN5O6/c1-37(2,3)49-36(47)39-26-16-25(38)18-42(19-26)34(44)23-13-28-32(30(15-23)48-5)41(4)33(40-28)29-14-21-7-6-8-27(22-11-24(12-22)35(45)46)31(21)43(29)17-20-9-10-20/h6-8,13-15,20,22,24-26H,9-12,16-19H2,1-5H3,(H,39,47)(H,45,46)/t22?,24?,25?,26-/m1/s1. The van der Waals surface area contributed by atoms with Crippen LogP contribution in [0.4, 0.5) is 9.18 Å². The largest absolute Gasteiger partial charge is 0.494 e. The predicted molar refractivity (Wildman–Crippen MR) is 183 cm³/mol. The van der Waals surface area contributed by atoms with Crippen molar-refractivity contribution in [2.75, 3.05) is 20.2 Å². The molecule has 2 aliphatic carbocycles. The quantitative estimate of drug-likeness (QED) is 0.226. The van der Waals surface area contributed by atoms with Gasteiger partial charge in [-0.15, -0.1) is 0 Å². The molecule has 0 bridgehead atoms. The molecule has 2 saturated carbocycles. The molecule has 12 heteroatoms. The number of para-hydroxylation sites is 1. The second-order valence-electron chi connectivity index (χ2n) is 15.0. The molecule has 260 valence electrons. The summed E-state index contributed by atoms with van der Waals surface area (Å²) >= 11 is 0. The minimum absolute atomic E-state index is 0.0863. The number of alkyl halides is 1. The van der Waals surface area contributed by atoms with Gasteiger partial charge in [0, 0.05) is 37.5 Å². The molecule has 3 aliphatic rings. The molecule has 1 unspecified atom stereocenters. The van der Waals surface area contributed by atoms with Gasteiger partial charge >= 0.3 is 12.1 Å². The molecule has 3 heterocycles. The normalized spacial score (nSPS) is 22.6. The Balaban J connectivity index is 1.23. The number of rotatable bonds is 8. The molecule has 2 aromatic heterocycles. The minimum Gasteiger partial charge on any atom is -0.494 e. The van der Waals surface area contributed by atoms with E-state index in [0.717, 1.165) is 47.3 Å². The summed E-state index contributed by atoms with van der Waals surface area (Å²) in [5, 5.41) is 13.3. The number of carbonyl (C=O) groups excluding carboxylic acids is 2. The zero-order valence-corrected chi connectivity index (χ0v) is 28.7. The van der Waals surface area contributed by atoms with Crippen molar-refractivity contribution in [1.29, 1.82) is 0 Å². The van der Waals surface area contributed by atoms with Gasteiger partial charge in [-0.2, -0.15) is 0 Å². The lowest BCUT2D eigenvalue weighted by Gasteiger charge is -2.35. The van der Waals surface area contributed by atoms with Gasteiger partial charge in [-0.25, -0.2) is 14.2 Å². The van der Waals surface area contributed by atoms with E-state index >= 15 is 0 Å². The summed E-state index contributed by atoms with van der Waals surface area (Å²) in [5.41, 5.74) is 4.18. The summed E-state index contributed by atoms with van der Waals surface area (Å²) in [6.07, 6.45) is 1.74. The van der Waals surface area contributed by atoms with Crippen LogP contribution >= 0.6 is 0 Å². The van der Waals surface area contributed by atoms with Crippen molar-refractivity contribution < 1.29 is 33.4 Å². The van der Waals surface area contributed by atoms with Crippen LogP contribution in [0.5, 0.6) is 5.75 Å². The first-order chi connectivity index (χ1) is 23.3. The number of hydrogen-bond acceptors (Lipinski definition) is 6.